The number of hydrogen-bond donors (Lipinski definition) is 2. The highest BCUT2D eigenvalue weighted by atomic mass is 35.5. The zero-order valence-corrected chi connectivity index (χ0v) is 10.8. The monoisotopic (exact) mass is 279 g/mol. The number of aryl methyl sites for hydroxylation is 1. The molecule has 96 valence electrons. The number of benzene rings is 1. The molecule has 0 aromatic heterocycles. The number of carboxylic acid groups (broad SMARTS) is 1. The number of carboxylic acids is 1. The van der Waals surface area contributed by atoms with Crippen molar-refractivity contribution in [2.45, 2.75) is 17.7 Å². The van der Waals surface area contributed by atoms with E-state index in [4.69, 9.17) is 10.8 Å². The molecule has 0 bridgehead atoms. The average molecular weight is 280 g/mol. The molecule has 0 amide bonds. The van der Waals surface area contributed by atoms with Gasteiger partial charge in [-0.15, -0.1) is 12.4 Å². The van der Waals surface area contributed by atoms with Crippen molar-refractivity contribution in [3.05, 3.63) is 23.8 Å². The van der Waals surface area contributed by atoms with Crippen LogP contribution < -0.4 is 5.73 Å². The van der Waals surface area contributed by atoms with E-state index >= 15 is 0 Å². The molecule has 0 heterocycles. The maximum atomic E-state index is 11.3. The third kappa shape index (κ3) is 4.24. The molecular weight excluding hydrogens is 266 g/mol. The fraction of sp³-hybridized carbons (Fsp3) is 0.300. The largest absolute Gasteiger partial charge is 0.481 e. The number of nitrogen functional groups attached to an aromatic ring is 1. The SMILES string of the molecule is CS(=O)(=O)c1cccc(CCC(=O)O)c1N.Cl. The van der Waals surface area contributed by atoms with E-state index < -0.39 is 15.8 Å². The minimum absolute atomic E-state index is 0. The van der Waals surface area contributed by atoms with E-state index in [1.54, 1.807) is 12.1 Å². The van der Waals surface area contributed by atoms with Gasteiger partial charge in [0.25, 0.3) is 0 Å². The predicted molar refractivity (Wildman–Crippen MR) is 67.2 cm³/mol. The van der Waals surface area contributed by atoms with Crippen molar-refractivity contribution < 1.29 is 18.3 Å². The molecule has 0 spiro atoms. The van der Waals surface area contributed by atoms with Gasteiger partial charge in [0.15, 0.2) is 9.84 Å². The van der Waals surface area contributed by atoms with Crippen LogP contribution >= 0.6 is 12.4 Å². The number of carbonyl (C=O) groups is 1. The summed E-state index contributed by atoms with van der Waals surface area (Å²) in [5.74, 6) is -0.941. The van der Waals surface area contributed by atoms with Gasteiger partial charge >= 0.3 is 5.97 Å². The maximum Gasteiger partial charge on any atom is 0.303 e. The number of nitrogens with two attached hydrogens (primary N) is 1. The summed E-state index contributed by atoms with van der Waals surface area (Å²) in [5.41, 5.74) is 6.37. The first-order valence-corrected chi connectivity index (χ1v) is 6.50. The molecule has 3 N–H and O–H groups in total. The van der Waals surface area contributed by atoms with Gasteiger partial charge in [-0.3, -0.25) is 4.79 Å². The molecule has 17 heavy (non-hydrogen) atoms. The van der Waals surface area contributed by atoms with E-state index in [1.165, 1.54) is 6.07 Å². The Bertz CT molecular complexity index is 513. The molecular formula is C10H14ClNO4S. The lowest BCUT2D eigenvalue weighted by molar-refractivity contribution is -0.136. The highest BCUT2D eigenvalue weighted by Gasteiger charge is 2.14. The van der Waals surface area contributed by atoms with Crippen LogP contribution in [0.2, 0.25) is 0 Å². The van der Waals surface area contributed by atoms with E-state index in [1.807, 2.05) is 0 Å². The lowest BCUT2D eigenvalue weighted by Crippen LogP contribution is -2.06. The summed E-state index contributed by atoms with van der Waals surface area (Å²) in [4.78, 5) is 10.5. The summed E-state index contributed by atoms with van der Waals surface area (Å²) in [5, 5.41) is 8.54. The lowest BCUT2D eigenvalue weighted by atomic mass is 10.1. The van der Waals surface area contributed by atoms with E-state index in [9.17, 15) is 13.2 Å². The van der Waals surface area contributed by atoms with Gasteiger partial charge < -0.3 is 10.8 Å². The van der Waals surface area contributed by atoms with E-state index in [-0.39, 0.29) is 35.8 Å². The summed E-state index contributed by atoms with van der Waals surface area (Å²) >= 11 is 0. The number of hydrogen-bond acceptors (Lipinski definition) is 4. The van der Waals surface area contributed by atoms with Crippen molar-refractivity contribution in [2.75, 3.05) is 12.0 Å². The van der Waals surface area contributed by atoms with Crippen LogP contribution in [0.3, 0.4) is 0 Å². The smallest absolute Gasteiger partial charge is 0.303 e. The van der Waals surface area contributed by atoms with Crippen molar-refractivity contribution in [1.82, 2.24) is 0 Å². The summed E-state index contributed by atoms with van der Waals surface area (Å²) in [6.45, 7) is 0. The van der Waals surface area contributed by atoms with E-state index in [2.05, 4.69) is 0 Å². The Labute approximate surface area is 106 Å². The van der Waals surface area contributed by atoms with Gasteiger partial charge in [-0.25, -0.2) is 8.42 Å². The Morgan fingerprint density at radius 1 is 1.41 bits per heavy atom. The van der Waals surface area contributed by atoms with Crippen LogP contribution in [0.15, 0.2) is 23.1 Å². The minimum atomic E-state index is -3.37. The third-order valence-electron chi connectivity index (χ3n) is 2.16. The number of para-hydroxylation sites is 1. The molecule has 1 rings (SSSR count). The zero-order chi connectivity index (χ0) is 12.3. The summed E-state index contributed by atoms with van der Waals surface area (Å²) in [6, 6.07) is 4.60. The average Bonchev–Trinajstić information content (AvgIpc) is 2.14. The van der Waals surface area contributed by atoms with Gasteiger partial charge in [-0.1, -0.05) is 12.1 Å². The minimum Gasteiger partial charge on any atom is -0.481 e. The molecule has 0 saturated carbocycles. The van der Waals surface area contributed by atoms with Crippen molar-refractivity contribution >= 4 is 33.9 Å². The topological polar surface area (TPSA) is 97.5 Å². The Morgan fingerprint density at radius 3 is 2.47 bits per heavy atom. The molecule has 0 radical (unpaired) electrons. The molecule has 1 aromatic rings. The molecule has 0 aliphatic heterocycles. The Hall–Kier alpha value is -1.27. The van der Waals surface area contributed by atoms with Crippen molar-refractivity contribution in [3.63, 3.8) is 0 Å². The molecule has 0 aliphatic carbocycles. The van der Waals surface area contributed by atoms with Crippen molar-refractivity contribution in [2.24, 2.45) is 0 Å². The fourth-order valence-electron chi connectivity index (χ4n) is 1.37. The maximum absolute atomic E-state index is 11.3. The van der Waals surface area contributed by atoms with Crippen LogP contribution in [-0.2, 0) is 21.1 Å². The second-order valence-electron chi connectivity index (χ2n) is 3.49. The van der Waals surface area contributed by atoms with E-state index in [0.29, 0.717) is 5.56 Å². The number of sulfone groups is 1. The Kier molecular flexibility index (Phi) is 5.44. The lowest BCUT2D eigenvalue weighted by Gasteiger charge is -2.08. The zero-order valence-electron chi connectivity index (χ0n) is 9.21. The normalized spacial score (nSPS) is 10.6. The van der Waals surface area contributed by atoms with Crippen molar-refractivity contribution in [3.8, 4) is 0 Å². The second-order valence-corrected chi connectivity index (χ2v) is 5.48. The standard InChI is InChI=1S/C10H13NO4S.ClH/c1-16(14,15)8-4-2-3-7(10(8)11)5-6-9(12)13;/h2-4H,5-6,11H2,1H3,(H,12,13);1H. The molecule has 0 aliphatic rings. The fourth-order valence-corrected chi connectivity index (χ4v) is 2.23. The molecule has 1 aromatic carbocycles. The first kappa shape index (κ1) is 15.7. The predicted octanol–water partition coefficient (Wildman–Crippen LogP) is 1.11. The number of rotatable bonds is 4. The van der Waals surface area contributed by atoms with Gasteiger partial charge in [0.05, 0.1) is 10.6 Å². The molecule has 5 nitrogen and oxygen atoms in total. The summed E-state index contributed by atoms with van der Waals surface area (Å²) < 4.78 is 22.7. The van der Waals surface area contributed by atoms with Crippen LogP contribution in [0, 0.1) is 0 Å². The first-order chi connectivity index (χ1) is 7.32. The molecule has 7 heteroatoms. The van der Waals surface area contributed by atoms with Crippen LogP contribution in [-0.4, -0.2) is 25.7 Å². The Balaban J connectivity index is 0.00000256. The number of aliphatic carboxylic acids is 1. The van der Waals surface area contributed by atoms with Crippen LogP contribution in [0.4, 0.5) is 5.69 Å². The third-order valence-corrected chi connectivity index (χ3v) is 3.32. The van der Waals surface area contributed by atoms with Gasteiger partial charge in [-0.2, -0.15) is 0 Å². The van der Waals surface area contributed by atoms with Crippen LogP contribution in [0.1, 0.15) is 12.0 Å². The van der Waals surface area contributed by atoms with Gasteiger partial charge in [0, 0.05) is 12.7 Å². The van der Waals surface area contributed by atoms with Crippen LogP contribution in [0.25, 0.3) is 0 Å². The molecule has 0 unspecified atom stereocenters. The van der Waals surface area contributed by atoms with Crippen molar-refractivity contribution in [1.29, 1.82) is 0 Å². The second kappa shape index (κ2) is 5.88. The van der Waals surface area contributed by atoms with E-state index in [0.717, 1.165) is 6.26 Å². The van der Waals surface area contributed by atoms with Crippen LogP contribution in [0.5, 0.6) is 0 Å². The van der Waals surface area contributed by atoms with Gasteiger partial charge in [0.1, 0.15) is 0 Å². The Morgan fingerprint density at radius 2 is 2.00 bits per heavy atom. The summed E-state index contributed by atoms with van der Waals surface area (Å²) in [7, 11) is -3.37. The highest BCUT2D eigenvalue weighted by Crippen LogP contribution is 2.23. The number of halogens is 1. The molecule has 0 atom stereocenters. The number of anilines is 1. The first-order valence-electron chi connectivity index (χ1n) is 4.61. The quantitative estimate of drug-likeness (QED) is 0.805. The molecule has 0 fully saturated rings. The summed E-state index contributed by atoms with van der Waals surface area (Å²) in [6.07, 6.45) is 1.22. The van der Waals surface area contributed by atoms with Gasteiger partial charge in [0.2, 0.25) is 0 Å². The highest BCUT2D eigenvalue weighted by molar-refractivity contribution is 7.90. The molecule has 0 saturated heterocycles. The van der Waals surface area contributed by atoms with Gasteiger partial charge in [-0.05, 0) is 18.1 Å².